The molecule has 0 saturated carbocycles. The van der Waals surface area contributed by atoms with Gasteiger partial charge >= 0.3 is 12.1 Å². The fraction of sp³-hybridized carbons (Fsp3) is 0.769. The molecule has 1 aliphatic rings. The lowest BCUT2D eigenvalue weighted by atomic mass is 10.2. The van der Waals surface area contributed by atoms with Gasteiger partial charge in [-0.05, 0) is 33.6 Å². The molecule has 114 valence electrons. The number of likely N-dealkylation sites (N-methyl/N-ethyl adjacent to an activating group) is 1. The third-order valence-electron chi connectivity index (χ3n) is 2.94. The Hall–Kier alpha value is -1.79. The highest BCUT2D eigenvalue weighted by Gasteiger charge is 2.34. The molecule has 1 heterocycles. The second-order valence-corrected chi connectivity index (χ2v) is 5.92. The maximum atomic E-state index is 12.1. The Morgan fingerprint density at radius 3 is 2.45 bits per heavy atom. The number of hydrogen-bond acceptors (Lipinski definition) is 4. The summed E-state index contributed by atoms with van der Waals surface area (Å²) in [4.78, 5) is 37.3. The Kier molecular flexibility index (Phi) is 4.97. The van der Waals surface area contributed by atoms with Crippen molar-refractivity contribution in [1.29, 1.82) is 0 Å². The molecule has 1 N–H and O–H groups in total. The molecule has 0 aromatic rings. The third kappa shape index (κ3) is 4.40. The second kappa shape index (κ2) is 6.11. The van der Waals surface area contributed by atoms with Crippen LogP contribution in [0.2, 0.25) is 0 Å². The van der Waals surface area contributed by atoms with E-state index in [0.29, 0.717) is 19.4 Å². The molecule has 0 aromatic heterocycles. The number of carbonyl (C=O) groups excluding carboxylic acids is 2. The van der Waals surface area contributed by atoms with Gasteiger partial charge in [0.1, 0.15) is 18.2 Å². The van der Waals surface area contributed by atoms with E-state index in [9.17, 15) is 14.4 Å². The van der Waals surface area contributed by atoms with E-state index < -0.39 is 23.7 Å². The summed E-state index contributed by atoms with van der Waals surface area (Å²) in [7, 11) is 1.46. The van der Waals surface area contributed by atoms with Gasteiger partial charge in [0.25, 0.3) is 0 Å². The van der Waals surface area contributed by atoms with Crippen LogP contribution in [-0.2, 0) is 14.3 Å². The first-order valence-corrected chi connectivity index (χ1v) is 6.58. The van der Waals surface area contributed by atoms with Crippen molar-refractivity contribution in [2.45, 2.75) is 45.3 Å². The van der Waals surface area contributed by atoms with Crippen LogP contribution in [0.5, 0.6) is 0 Å². The molecule has 0 bridgehead atoms. The number of likely N-dealkylation sites (tertiary alicyclic amines) is 1. The summed E-state index contributed by atoms with van der Waals surface area (Å²) < 4.78 is 5.14. The zero-order valence-electron chi connectivity index (χ0n) is 12.4. The average Bonchev–Trinajstić information content (AvgIpc) is 2.75. The van der Waals surface area contributed by atoms with Gasteiger partial charge in [-0.25, -0.2) is 9.59 Å². The van der Waals surface area contributed by atoms with E-state index in [0.717, 1.165) is 4.90 Å². The van der Waals surface area contributed by atoms with Gasteiger partial charge in [-0.2, -0.15) is 0 Å². The first-order valence-electron chi connectivity index (χ1n) is 6.58. The van der Waals surface area contributed by atoms with Gasteiger partial charge in [0, 0.05) is 13.6 Å². The van der Waals surface area contributed by atoms with Crippen LogP contribution in [0.1, 0.15) is 33.6 Å². The van der Waals surface area contributed by atoms with Crippen LogP contribution in [0.15, 0.2) is 0 Å². The molecule has 1 fully saturated rings. The topological polar surface area (TPSA) is 87.2 Å². The molecule has 1 saturated heterocycles. The van der Waals surface area contributed by atoms with Gasteiger partial charge < -0.3 is 19.6 Å². The quantitative estimate of drug-likeness (QED) is 0.834. The monoisotopic (exact) mass is 286 g/mol. The number of amides is 2. The van der Waals surface area contributed by atoms with E-state index in [-0.39, 0.29) is 12.5 Å². The SMILES string of the molecule is CN(CC(=O)N1CCC[C@H]1C(=O)O)C(=O)OC(C)(C)C. The summed E-state index contributed by atoms with van der Waals surface area (Å²) in [6.45, 7) is 5.45. The number of ether oxygens (including phenoxy) is 1. The summed E-state index contributed by atoms with van der Waals surface area (Å²) in [5, 5.41) is 9.03. The highest BCUT2D eigenvalue weighted by Crippen LogP contribution is 2.18. The summed E-state index contributed by atoms with van der Waals surface area (Å²) in [5.74, 6) is -1.38. The lowest BCUT2D eigenvalue weighted by molar-refractivity contribution is -0.148. The summed E-state index contributed by atoms with van der Waals surface area (Å²) in [6.07, 6.45) is 0.521. The Bertz CT molecular complexity index is 402. The van der Waals surface area contributed by atoms with Gasteiger partial charge in [-0.15, -0.1) is 0 Å². The highest BCUT2D eigenvalue weighted by molar-refractivity contribution is 5.87. The number of carboxylic acids is 1. The minimum absolute atomic E-state index is 0.182. The van der Waals surface area contributed by atoms with Crippen molar-refractivity contribution in [2.75, 3.05) is 20.1 Å². The lowest BCUT2D eigenvalue weighted by Gasteiger charge is -2.27. The standard InChI is InChI=1S/C13H22N2O5/c1-13(2,3)20-12(19)14(4)8-10(16)15-7-5-6-9(15)11(17)18/h9H,5-8H2,1-4H3,(H,17,18)/t9-/m0/s1. The molecule has 2 amide bonds. The molecule has 1 aliphatic heterocycles. The Balaban J connectivity index is 2.57. The molecule has 7 heteroatoms. The van der Waals surface area contributed by atoms with Gasteiger partial charge in [0.2, 0.25) is 5.91 Å². The van der Waals surface area contributed by atoms with E-state index in [1.165, 1.54) is 11.9 Å². The van der Waals surface area contributed by atoms with Crippen LogP contribution >= 0.6 is 0 Å². The normalized spacial score (nSPS) is 18.8. The molecule has 0 unspecified atom stereocenters. The Morgan fingerprint density at radius 2 is 1.95 bits per heavy atom. The maximum absolute atomic E-state index is 12.1. The lowest BCUT2D eigenvalue weighted by Crippen LogP contribution is -2.46. The van der Waals surface area contributed by atoms with Crippen molar-refractivity contribution in [2.24, 2.45) is 0 Å². The summed E-state index contributed by atoms with van der Waals surface area (Å²) in [6, 6.07) is -0.783. The fourth-order valence-corrected chi connectivity index (χ4v) is 2.02. The number of rotatable bonds is 3. The number of carboxylic acid groups (broad SMARTS) is 1. The Morgan fingerprint density at radius 1 is 1.35 bits per heavy atom. The van der Waals surface area contributed by atoms with Crippen molar-refractivity contribution in [3.05, 3.63) is 0 Å². The molecule has 1 atom stereocenters. The minimum Gasteiger partial charge on any atom is -0.480 e. The molecule has 0 aliphatic carbocycles. The third-order valence-corrected chi connectivity index (χ3v) is 2.94. The predicted octanol–water partition coefficient (Wildman–Crippen LogP) is 0.929. The van der Waals surface area contributed by atoms with Crippen molar-refractivity contribution >= 4 is 18.0 Å². The van der Waals surface area contributed by atoms with Gasteiger partial charge in [0.05, 0.1) is 0 Å². The van der Waals surface area contributed by atoms with Crippen molar-refractivity contribution in [3.8, 4) is 0 Å². The number of aliphatic carboxylic acids is 1. The minimum atomic E-state index is -1.00. The summed E-state index contributed by atoms with van der Waals surface area (Å²) in [5.41, 5.74) is -0.633. The van der Waals surface area contributed by atoms with Gasteiger partial charge in [-0.3, -0.25) is 4.79 Å². The van der Waals surface area contributed by atoms with E-state index in [4.69, 9.17) is 9.84 Å². The molecule has 20 heavy (non-hydrogen) atoms. The van der Waals surface area contributed by atoms with Crippen molar-refractivity contribution in [3.63, 3.8) is 0 Å². The molecule has 0 aromatic carbocycles. The first kappa shape index (κ1) is 16.3. The molecule has 7 nitrogen and oxygen atoms in total. The smallest absolute Gasteiger partial charge is 0.410 e. The number of carbonyl (C=O) groups is 3. The van der Waals surface area contributed by atoms with Crippen LogP contribution in [0, 0.1) is 0 Å². The van der Waals surface area contributed by atoms with Crippen LogP contribution < -0.4 is 0 Å². The molecule has 0 radical (unpaired) electrons. The van der Waals surface area contributed by atoms with Crippen LogP contribution in [0.3, 0.4) is 0 Å². The largest absolute Gasteiger partial charge is 0.480 e. The first-order chi connectivity index (χ1) is 9.11. The van der Waals surface area contributed by atoms with Gasteiger partial charge in [-0.1, -0.05) is 0 Å². The number of hydrogen-bond donors (Lipinski definition) is 1. The maximum Gasteiger partial charge on any atom is 0.410 e. The van der Waals surface area contributed by atoms with Crippen LogP contribution in [0.25, 0.3) is 0 Å². The number of nitrogens with zero attached hydrogens (tertiary/aromatic N) is 2. The zero-order valence-corrected chi connectivity index (χ0v) is 12.4. The van der Waals surface area contributed by atoms with E-state index >= 15 is 0 Å². The van der Waals surface area contributed by atoms with Crippen molar-refractivity contribution < 1.29 is 24.2 Å². The Labute approximate surface area is 118 Å². The average molecular weight is 286 g/mol. The predicted molar refractivity (Wildman–Crippen MR) is 71.2 cm³/mol. The molecule has 0 spiro atoms. The van der Waals surface area contributed by atoms with Crippen LogP contribution in [0.4, 0.5) is 4.79 Å². The van der Waals surface area contributed by atoms with Crippen molar-refractivity contribution in [1.82, 2.24) is 9.80 Å². The zero-order chi connectivity index (χ0) is 15.5. The van der Waals surface area contributed by atoms with Crippen LogP contribution in [-0.4, -0.2) is 64.7 Å². The second-order valence-electron chi connectivity index (χ2n) is 5.92. The highest BCUT2D eigenvalue weighted by atomic mass is 16.6. The summed E-state index contributed by atoms with van der Waals surface area (Å²) >= 11 is 0. The van der Waals surface area contributed by atoms with E-state index in [1.807, 2.05) is 0 Å². The molecular weight excluding hydrogens is 264 g/mol. The fourth-order valence-electron chi connectivity index (χ4n) is 2.02. The van der Waals surface area contributed by atoms with E-state index in [2.05, 4.69) is 0 Å². The van der Waals surface area contributed by atoms with Gasteiger partial charge in [0.15, 0.2) is 0 Å². The van der Waals surface area contributed by atoms with E-state index in [1.54, 1.807) is 20.8 Å². The molecule has 1 rings (SSSR count). The molecular formula is C13H22N2O5.